The van der Waals surface area contributed by atoms with E-state index in [1.807, 2.05) is 6.92 Å². The molecule has 2 saturated heterocycles. The summed E-state index contributed by atoms with van der Waals surface area (Å²) in [7, 11) is 0. The van der Waals surface area contributed by atoms with Gasteiger partial charge in [-0.1, -0.05) is 6.92 Å². The van der Waals surface area contributed by atoms with Crippen LogP contribution in [-0.4, -0.2) is 71.6 Å². The summed E-state index contributed by atoms with van der Waals surface area (Å²) in [6, 6.07) is 2.29. The van der Waals surface area contributed by atoms with Crippen molar-refractivity contribution < 1.29 is 4.92 Å². The molecule has 0 amide bonds. The molecule has 0 atom stereocenters. The highest BCUT2D eigenvalue weighted by atomic mass is 16.6. The minimum atomic E-state index is -0.314. The van der Waals surface area contributed by atoms with Crippen molar-refractivity contribution in [3.8, 4) is 0 Å². The van der Waals surface area contributed by atoms with Crippen LogP contribution in [0.25, 0.3) is 0 Å². The maximum atomic E-state index is 11.3. The zero-order valence-electron chi connectivity index (χ0n) is 15.4. The molecule has 2 fully saturated rings. The van der Waals surface area contributed by atoms with Crippen molar-refractivity contribution in [1.82, 2.24) is 14.8 Å². The molecule has 0 unspecified atom stereocenters. The number of anilines is 1. The number of piperazine rings is 1. The SMILES string of the molecule is CCCN1CCC(N2CCN(c3ncc(C)cc3[N+](=O)[O-])CC2)CC1. The zero-order valence-corrected chi connectivity index (χ0v) is 15.4. The van der Waals surface area contributed by atoms with Crippen molar-refractivity contribution in [3.63, 3.8) is 0 Å². The Hall–Kier alpha value is -1.73. The fraction of sp³-hybridized carbons (Fsp3) is 0.722. The molecule has 0 aliphatic carbocycles. The molecular weight excluding hydrogens is 318 g/mol. The van der Waals surface area contributed by atoms with E-state index in [-0.39, 0.29) is 10.6 Å². The summed E-state index contributed by atoms with van der Waals surface area (Å²) in [6.07, 6.45) is 5.43. The normalized spacial score (nSPS) is 20.8. The number of nitrogens with zero attached hydrogens (tertiary/aromatic N) is 5. The van der Waals surface area contributed by atoms with Gasteiger partial charge in [0, 0.05) is 44.5 Å². The molecule has 3 rings (SSSR count). The minimum absolute atomic E-state index is 0.126. The summed E-state index contributed by atoms with van der Waals surface area (Å²) in [6.45, 7) is 11.2. The lowest BCUT2D eigenvalue weighted by Gasteiger charge is -2.43. The topological polar surface area (TPSA) is 65.8 Å². The molecule has 1 aromatic heterocycles. The highest BCUT2D eigenvalue weighted by Crippen LogP contribution is 2.28. The van der Waals surface area contributed by atoms with E-state index in [0.29, 0.717) is 11.9 Å². The maximum Gasteiger partial charge on any atom is 0.311 e. The molecule has 2 aliphatic rings. The number of hydrogen-bond donors (Lipinski definition) is 0. The van der Waals surface area contributed by atoms with E-state index in [9.17, 15) is 10.1 Å². The highest BCUT2D eigenvalue weighted by Gasteiger charge is 2.29. The minimum Gasteiger partial charge on any atom is -0.348 e. The van der Waals surface area contributed by atoms with E-state index in [4.69, 9.17) is 0 Å². The Morgan fingerprint density at radius 1 is 1.20 bits per heavy atom. The molecule has 2 aliphatic heterocycles. The average molecular weight is 347 g/mol. The number of hydrogen-bond acceptors (Lipinski definition) is 6. The smallest absolute Gasteiger partial charge is 0.311 e. The quantitative estimate of drug-likeness (QED) is 0.601. The first-order chi connectivity index (χ1) is 12.1. The van der Waals surface area contributed by atoms with Crippen LogP contribution in [-0.2, 0) is 0 Å². The molecule has 1 aromatic rings. The molecule has 0 N–H and O–H groups in total. The largest absolute Gasteiger partial charge is 0.348 e. The van der Waals surface area contributed by atoms with Gasteiger partial charge in [0.2, 0.25) is 5.82 Å². The second-order valence-electron chi connectivity index (χ2n) is 7.21. The number of aromatic nitrogens is 1. The molecule has 138 valence electrons. The van der Waals surface area contributed by atoms with Gasteiger partial charge < -0.3 is 9.80 Å². The van der Waals surface area contributed by atoms with Crippen molar-refractivity contribution in [3.05, 3.63) is 27.9 Å². The summed E-state index contributed by atoms with van der Waals surface area (Å²) in [5.41, 5.74) is 0.953. The van der Waals surface area contributed by atoms with Crippen LogP contribution < -0.4 is 4.90 Å². The number of nitro groups is 1. The van der Waals surface area contributed by atoms with E-state index in [2.05, 4.69) is 26.6 Å². The van der Waals surface area contributed by atoms with E-state index in [1.165, 1.54) is 38.9 Å². The average Bonchev–Trinajstić information content (AvgIpc) is 2.63. The molecular formula is C18H29N5O2. The summed E-state index contributed by atoms with van der Waals surface area (Å²) in [5, 5.41) is 11.3. The van der Waals surface area contributed by atoms with Gasteiger partial charge in [0.1, 0.15) is 0 Å². The molecule has 0 radical (unpaired) electrons. The summed E-state index contributed by atoms with van der Waals surface area (Å²) in [5.74, 6) is 0.521. The van der Waals surface area contributed by atoms with E-state index in [0.717, 1.165) is 31.7 Å². The van der Waals surface area contributed by atoms with Crippen LogP contribution in [0.4, 0.5) is 11.5 Å². The van der Waals surface area contributed by atoms with Gasteiger partial charge in [0.15, 0.2) is 0 Å². The van der Waals surface area contributed by atoms with Crippen LogP contribution in [0.15, 0.2) is 12.3 Å². The molecule has 7 heteroatoms. The number of pyridine rings is 1. The molecule has 0 bridgehead atoms. The van der Waals surface area contributed by atoms with Gasteiger partial charge >= 0.3 is 5.69 Å². The fourth-order valence-corrected chi connectivity index (χ4v) is 4.05. The fourth-order valence-electron chi connectivity index (χ4n) is 4.05. The third-order valence-electron chi connectivity index (χ3n) is 5.41. The van der Waals surface area contributed by atoms with Crippen LogP contribution in [0.2, 0.25) is 0 Å². The zero-order chi connectivity index (χ0) is 17.8. The predicted octanol–water partition coefficient (Wildman–Crippen LogP) is 2.29. The Morgan fingerprint density at radius 2 is 1.88 bits per heavy atom. The van der Waals surface area contributed by atoms with Gasteiger partial charge in [0.05, 0.1) is 4.92 Å². The van der Waals surface area contributed by atoms with Gasteiger partial charge in [-0.2, -0.15) is 0 Å². The van der Waals surface area contributed by atoms with Crippen molar-refractivity contribution in [2.24, 2.45) is 0 Å². The Labute approximate surface area is 149 Å². The van der Waals surface area contributed by atoms with E-state index in [1.54, 1.807) is 12.3 Å². The molecule has 3 heterocycles. The Bertz CT molecular complexity index is 593. The third kappa shape index (κ3) is 4.27. The Morgan fingerprint density at radius 3 is 2.48 bits per heavy atom. The third-order valence-corrected chi connectivity index (χ3v) is 5.41. The lowest BCUT2D eigenvalue weighted by molar-refractivity contribution is -0.384. The predicted molar refractivity (Wildman–Crippen MR) is 99.2 cm³/mol. The monoisotopic (exact) mass is 347 g/mol. The Kier molecular flexibility index (Phi) is 5.86. The van der Waals surface area contributed by atoms with Crippen LogP contribution in [0, 0.1) is 17.0 Å². The lowest BCUT2D eigenvalue weighted by atomic mass is 10.0. The number of piperidine rings is 1. The van der Waals surface area contributed by atoms with Crippen molar-refractivity contribution in [2.45, 2.75) is 39.2 Å². The van der Waals surface area contributed by atoms with Gasteiger partial charge in [-0.25, -0.2) is 4.98 Å². The van der Waals surface area contributed by atoms with E-state index < -0.39 is 0 Å². The Balaban J connectivity index is 1.57. The van der Waals surface area contributed by atoms with Gasteiger partial charge in [0.25, 0.3) is 0 Å². The number of aryl methyl sites for hydroxylation is 1. The summed E-state index contributed by atoms with van der Waals surface area (Å²) < 4.78 is 0. The molecule has 0 aromatic carbocycles. The number of rotatable bonds is 5. The van der Waals surface area contributed by atoms with Crippen LogP contribution in [0.3, 0.4) is 0 Å². The molecule has 25 heavy (non-hydrogen) atoms. The second-order valence-corrected chi connectivity index (χ2v) is 7.21. The molecule has 7 nitrogen and oxygen atoms in total. The first-order valence-electron chi connectivity index (χ1n) is 9.41. The highest BCUT2D eigenvalue weighted by molar-refractivity contribution is 5.58. The summed E-state index contributed by atoms with van der Waals surface area (Å²) >= 11 is 0. The van der Waals surface area contributed by atoms with Gasteiger partial charge in [-0.15, -0.1) is 0 Å². The standard InChI is InChI=1S/C18H29N5O2/c1-3-6-20-7-4-16(5-8-20)21-9-11-22(12-10-21)18-17(23(24)25)13-15(2)14-19-18/h13-14,16H,3-12H2,1-2H3. The molecule has 0 saturated carbocycles. The van der Waals surface area contributed by atoms with Crippen LogP contribution in [0.5, 0.6) is 0 Å². The van der Waals surface area contributed by atoms with Crippen LogP contribution in [0.1, 0.15) is 31.7 Å². The van der Waals surface area contributed by atoms with Crippen molar-refractivity contribution in [2.75, 3.05) is 50.7 Å². The second kappa shape index (κ2) is 8.10. The van der Waals surface area contributed by atoms with Gasteiger partial charge in [-0.05, 0) is 51.4 Å². The van der Waals surface area contributed by atoms with Gasteiger partial charge in [-0.3, -0.25) is 15.0 Å². The first kappa shape index (κ1) is 18.1. The maximum absolute atomic E-state index is 11.3. The lowest BCUT2D eigenvalue weighted by Crippen LogP contribution is -2.53. The van der Waals surface area contributed by atoms with Crippen molar-refractivity contribution in [1.29, 1.82) is 0 Å². The number of likely N-dealkylation sites (tertiary alicyclic amines) is 1. The van der Waals surface area contributed by atoms with Crippen LogP contribution >= 0.6 is 0 Å². The van der Waals surface area contributed by atoms with Crippen molar-refractivity contribution >= 4 is 11.5 Å². The first-order valence-corrected chi connectivity index (χ1v) is 9.41. The van der Waals surface area contributed by atoms with E-state index >= 15 is 0 Å². The molecule has 0 spiro atoms. The summed E-state index contributed by atoms with van der Waals surface area (Å²) in [4.78, 5) is 22.6.